The molecular formula is C24H22ClNO4. The second-order valence-corrected chi connectivity index (χ2v) is 6.94. The van der Waals surface area contributed by atoms with Gasteiger partial charge in [0.15, 0.2) is 5.78 Å². The molecule has 3 aromatic rings. The Kier molecular flexibility index (Phi) is 7.22. The van der Waals surface area contributed by atoms with Crippen molar-refractivity contribution in [1.82, 2.24) is 0 Å². The number of rotatable bonds is 8. The first kappa shape index (κ1) is 21.6. The van der Waals surface area contributed by atoms with Crippen LogP contribution in [-0.2, 0) is 11.3 Å². The number of carbonyl (C=O) groups excluding carboxylic acids is 2. The fraction of sp³-hybridized carbons (Fsp3) is 0.167. The van der Waals surface area contributed by atoms with Gasteiger partial charge in [-0.3, -0.25) is 9.59 Å². The lowest BCUT2D eigenvalue weighted by molar-refractivity contribution is 0.102. The minimum absolute atomic E-state index is 0.222. The van der Waals surface area contributed by atoms with Crippen LogP contribution in [0.1, 0.15) is 38.8 Å². The highest BCUT2D eigenvalue weighted by Gasteiger charge is 2.17. The standard InChI is InChI=1S/C24H22ClNO4/c1-3-30-15-18-13-17(9-12-22(18)29-2)24(28)26-21-11-10-19(25)14-20(21)23(27)16-7-5-4-6-8-16/h4-14H,3,15H2,1-2H3,(H,26,28). The second kappa shape index (κ2) is 10.1. The number of amides is 1. The van der Waals surface area contributed by atoms with Crippen molar-refractivity contribution in [2.24, 2.45) is 0 Å². The Bertz CT molecular complexity index is 1050. The van der Waals surface area contributed by atoms with Gasteiger partial charge in [0.05, 0.1) is 19.4 Å². The van der Waals surface area contributed by atoms with E-state index in [0.717, 1.165) is 5.56 Å². The number of carbonyl (C=O) groups is 2. The molecule has 3 rings (SSSR count). The van der Waals surface area contributed by atoms with E-state index in [1.807, 2.05) is 13.0 Å². The zero-order valence-corrected chi connectivity index (χ0v) is 17.5. The van der Waals surface area contributed by atoms with Crippen molar-refractivity contribution in [2.45, 2.75) is 13.5 Å². The molecule has 0 aliphatic carbocycles. The monoisotopic (exact) mass is 423 g/mol. The van der Waals surface area contributed by atoms with Crippen molar-refractivity contribution < 1.29 is 19.1 Å². The molecule has 0 saturated carbocycles. The first-order valence-electron chi connectivity index (χ1n) is 9.48. The number of nitrogens with one attached hydrogen (secondary N) is 1. The lowest BCUT2D eigenvalue weighted by Crippen LogP contribution is -2.16. The number of anilines is 1. The SMILES string of the molecule is CCOCc1cc(C(=O)Nc2ccc(Cl)cc2C(=O)c2ccccc2)ccc1OC. The molecule has 0 atom stereocenters. The van der Waals surface area contributed by atoms with Crippen LogP contribution in [0.15, 0.2) is 66.7 Å². The van der Waals surface area contributed by atoms with Crippen molar-refractivity contribution in [3.05, 3.63) is 94.0 Å². The maximum atomic E-state index is 13.0. The minimum Gasteiger partial charge on any atom is -0.496 e. The number of ketones is 1. The summed E-state index contributed by atoms with van der Waals surface area (Å²) in [5.41, 5.74) is 2.42. The number of ether oxygens (including phenoxy) is 2. The summed E-state index contributed by atoms with van der Waals surface area (Å²) in [4.78, 5) is 25.8. The van der Waals surface area contributed by atoms with E-state index in [4.69, 9.17) is 21.1 Å². The summed E-state index contributed by atoms with van der Waals surface area (Å²) >= 11 is 6.11. The molecule has 6 heteroatoms. The van der Waals surface area contributed by atoms with Crippen LogP contribution in [0.2, 0.25) is 5.02 Å². The zero-order valence-electron chi connectivity index (χ0n) is 16.8. The summed E-state index contributed by atoms with van der Waals surface area (Å²) < 4.78 is 10.8. The van der Waals surface area contributed by atoms with E-state index in [1.54, 1.807) is 67.8 Å². The third-order valence-corrected chi connectivity index (χ3v) is 4.75. The number of methoxy groups -OCH3 is 1. The van der Waals surface area contributed by atoms with Crippen LogP contribution in [0.5, 0.6) is 5.75 Å². The minimum atomic E-state index is -0.347. The van der Waals surface area contributed by atoms with Gasteiger partial charge in [0.1, 0.15) is 5.75 Å². The number of benzene rings is 3. The van der Waals surface area contributed by atoms with Gasteiger partial charge in [0.25, 0.3) is 5.91 Å². The molecule has 30 heavy (non-hydrogen) atoms. The Morgan fingerprint density at radius 1 is 0.967 bits per heavy atom. The van der Waals surface area contributed by atoms with Crippen LogP contribution in [0.25, 0.3) is 0 Å². The van der Waals surface area contributed by atoms with Gasteiger partial charge in [0, 0.05) is 33.9 Å². The summed E-state index contributed by atoms with van der Waals surface area (Å²) in [6.45, 7) is 2.78. The van der Waals surface area contributed by atoms with Crippen molar-refractivity contribution in [3.63, 3.8) is 0 Å². The highest BCUT2D eigenvalue weighted by molar-refractivity contribution is 6.31. The third kappa shape index (κ3) is 5.06. The smallest absolute Gasteiger partial charge is 0.255 e. The molecule has 5 nitrogen and oxygen atoms in total. The molecule has 0 aliphatic rings. The van der Waals surface area contributed by atoms with Crippen LogP contribution in [-0.4, -0.2) is 25.4 Å². The average molecular weight is 424 g/mol. The van der Waals surface area contributed by atoms with Gasteiger partial charge in [-0.2, -0.15) is 0 Å². The maximum absolute atomic E-state index is 13.0. The molecule has 0 radical (unpaired) electrons. The molecule has 0 heterocycles. The second-order valence-electron chi connectivity index (χ2n) is 6.50. The van der Waals surface area contributed by atoms with Crippen LogP contribution < -0.4 is 10.1 Å². The van der Waals surface area contributed by atoms with E-state index >= 15 is 0 Å². The fourth-order valence-corrected chi connectivity index (χ4v) is 3.17. The van der Waals surface area contributed by atoms with Gasteiger partial charge in [0.2, 0.25) is 0 Å². The predicted octanol–water partition coefficient (Wildman–Crippen LogP) is 5.37. The molecule has 1 N–H and O–H groups in total. The van der Waals surface area contributed by atoms with Crippen molar-refractivity contribution >= 4 is 29.0 Å². The summed E-state index contributed by atoms with van der Waals surface area (Å²) in [5.74, 6) is 0.0754. The summed E-state index contributed by atoms with van der Waals surface area (Å²) in [6.07, 6.45) is 0. The Morgan fingerprint density at radius 2 is 1.73 bits per heavy atom. The molecular weight excluding hydrogens is 402 g/mol. The average Bonchev–Trinajstić information content (AvgIpc) is 2.78. The fourth-order valence-electron chi connectivity index (χ4n) is 3.00. The molecule has 0 aliphatic heterocycles. The quantitative estimate of drug-likeness (QED) is 0.495. The maximum Gasteiger partial charge on any atom is 0.255 e. The van der Waals surface area contributed by atoms with E-state index in [2.05, 4.69) is 5.32 Å². The molecule has 0 saturated heterocycles. The van der Waals surface area contributed by atoms with Gasteiger partial charge in [-0.15, -0.1) is 0 Å². The Morgan fingerprint density at radius 3 is 2.43 bits per heavy atom. The molecule has 154 valence electrons. The molecule has 0 bridgehead atoms. The molecule has 3 aromatic carbocycles. The molecule has 0 fully saturated rings. The van der Waals surface area contributed by atoms with Crippen molar-refractivity contribution in [1.29, 1.82) is 0 Å². The van der Waals surface area contributed by atoms with Crippen LogP contribution in [0, 0.1) is 0 Å². The number of halogens is 1. The summed E-state index contributed by atoms with van der Waals surface area (Å²) in [6, 6.07) is 18.8. The van der Waals surface area contributed by atoms with Crippen LogP contribution in [0.3, 0.4) is 0 Å². The summed E-state index contributed by atoms with van der Waals surface area (Å²) in [5, 5.41) is 3.24. The lowest BCUT2D eigenvalue weighted by atomic mass is 10.0. The van der Waals surface area contributed by atoms with Crippen molar-refractivity contribution in [2.75, 3.05) is 19.0 Å². The normalized spacial score (nSPS) is 10.5. The molecule has 0 aromatic heterocycles. The Balaban J connectivity index is 1.89. The van der Waals surface area contributed by atoms with E-state index in [-0.39, 0.29) is 11.7 Å². The van der Waals surface area contributed by atoms with E-state index in [9.17, 15) is 9.59 Å². The summed E-state index contributed by atoms with van der Waals surface area (Å²) in [7, 11) is 1.57. The topological polar surface area (TPSA) is 64.6 Å². The zero-order chi connectivity index (χ0) is 21.5. The van der Waals surface area contributed by atoms with E-state index in [0.29, 0.717) is 46.4 Å². The van der Waals surface area contributed by atoms with Crippen LogP contribution >= 0.6 is 11.6 Å². The van der Waals surface area contributed by atoms with Crippen LogP contribution in [0.4, 0.5) is 5.69 Å². The van der Waals surface area contributed by atoms with Crippen molar-refractivity contribution in [3.8, 4) is 5.75 Å². The van der Waals surface area contributed by atoms with E-state index in [1.165, 1.54) is 0 Å². The van der Waals surface area contributed by atoms with Gasteiger partial charge in [-0.25, -0.2) is 0 Å². The number of hydrogen-bond acceptors (Lipinski definition) is 4. The Labute approximate surface area is 180 Å². The van der Waals surface area contributed by atoms with Gasteiger partial charge < -0.3 is 14.8 Å². The lowest BCUT2D eigenvalue weighted by Gasteiger charge is -2.13. The van der Waals surface area contributed by atoms with Gasteiger partial charge in [-0.05, 0) is 43.3 Å². The predicted molar refractivity (Wildman–Crippen MR) is 118 cm³/mol. The highest BCUT2D eigenvalue weighted by atomic mass is 35.5. The van der Waals surface area contributed by atoms with Gasteiger partial charge in [-0.1, -0.05) is 41.9 Å². The van der Waals surface area contributed by atoms with E-state index < -0.39 is 0 Å². The highest BCUT2D eigenvalue weighted by Crippen LogP contribution is 2.26. The first-order valence-corrected chi connectivity index (χ1v) is 9.86. The largest absolute Gasteiger partial charge is 0.496 e. The molecule has 0 spiro atoms. The molecule has 0 unspecified atom stereocenters. The third-order valence-electron chi connectivity index (χ3n) is 4.51. The first-order chi connectivity index (χ1) is 14.5. The number of hydrogen-bond donors (Lipinski definition) is 1. The van der Waals surface area contributed by atoms with Gasteiger partial charge >= 0.3 is 0 Å². The Hall–Kier alpha value is -3.15. The molecule has 1 amide bonds.